The summed E-state index contributed by atoms with van der Waals surface area (Å²) in [7, 11) is 0. The molecule has 164 valence electrons. The van der Waals surface area contributed by atoms with Crippen LogP contribution in [0, 0.1) is 17.8 Å². The Morgan fingerprint density at radius 1 is 1.13 bits per heavy atom. The van der Waals surface area contributed by atoms with E-state index in [0.717, 1.165) is 10.9 Å². The van der Waals surface area contributed by atoms with Crippen LogP contribution in [0.15, 0.2) is 30.7 Å². The molecule has 1 aliphatic heterocycles. The summed E-state index contributed by atoms with van der Waals surface area (Å²) in [6, 6.07) is 2.68. The van der Waals surface area contributed by atoms with E-state index in [0.29, 0.717) is 30.1 Å². The maximum absolute atomic E-state index is 13.0. The van der Waals surface area contributed by atoms with E-state index in [2.05, 4.69) is 20.1 Å². The molecule has 2 aliphatic rings. The Hall–Kier alpha value is -3.05. The Labute approximate surface area is 172 Å². The summed E-state index contributed by atoms with van der Waals surface area (Å²) in [6.45, 7) is 0.937. The lowest BCUT2D eigenvalue weighted by molar-refractivity contribution is -0.142. The van der Waals surface area contributed by atoms with Crippen molar-refractivity contribution in [1.29, 1.82) is 0 Å². The largest absolute Gasteiger partial charge is 0.491 e. The first-order chi connectivity index (χ1) is 14.8. The summed E-state index contributed by atoms with van der Waals surface area (Å²) in [6.07, 6.45) is -3.05. The van der Waals surface area contributed by atoms with Gasteiger partial charge in [0.25, 0.3) is 6.43 Å². The molecule has 7 nitrogen and oxygen atoms in total. The third-order valence-electron chi connectivity index (χ3n) is 5.81. The van der Waals surface area contributed by atoms with Crippen molar-refractivity contribution in [3.05, 3.63) is 36.4 Å². The fraction of sp³-hybridized carbons (Fsp3) is 0.474. The fourth-order valence-electron chi connectivity index (χ4n) is 4.25. The molecule has 0 bridgehead atoms. The Morgan fingerprint density at radius 2 is 1.90 bits per heavy atom. The molecule has 2 unspecified atom stereocenters. The predicted molar refractivity (Wildman–Crippen MR) is 98.7 cm³/mol. The molecule has 12 heteroatoms. The average molecular weight is 440 g/mol. The number of ether oxygens (including phenoxy) is 1. The molecule has 0 N–H and O–H groups in total. The number of aromatic nitrogens is 5. The highest BCUT2D eigenvalue weighted by Crippen LogP contribution is 2.52. The van der Waals surface area contributed by atoms with Gasteiger partial charge in [-0.3, -0.25) is 0 Å². The van der Waals surface area contributed by atoms with Crippen molar-refractivity contribution < 1.29 is 26.7 Å². The smallest absolute Gasteiger partial charge is 0.437 e. The van der Waals surface area contributed by atoms with Gasteiger partial charge in [-0.15, -0.1) is 0 Å². The molecule has 4 heterocycles. The maximum atomic E-state index is 13.0. The summed E-state index contributed by atoms with van der Waals surface area (Å²) >= 11 is 0. The second-order valence-electron chi connectivity index (χ2n) is 7.71. The van der Waals surface area contributed by atoms with Crippen LogP contribution in [0.1, 0.15) is 5.69 Å². The topological polar surface area (TPSA) is 69.0 Å². The molecule has 1 saturated heterocycles. The van der Waals surface area contributed by atoms with Crippen molar-refractivity contribution in [2.24, 2.45) is 17.8 Å². The standard InChI is InChI=1S/C19H17F5N6O/c20-15(21)8-30-18-13(4-27-30)26-5-16(28-18)29-6-10-11(7-29)12(10)9-31-14-2-1-3-25-17(14)19(22,23)24/h1-5,10-12,15H,6-9H2. The zero-order valence-corrected chi connectivity index (χ0v) is 16.0. The van der Waals surface area contributed by atoms with E-state index in [1.54, 1.807) is 6.20 Å². The second kappa shape index (κ2) is 7.27. The number of fused-ring (bicyclic) bond motifs is 2. The number of hydrogen-bond acceptors (Lipinski definition) is 6. The maximum Gasteiger partial charge on any atom is 0.437 e. The highest BCUT2D eigenvalue weighted by molar-refractivity contribution is 5.71. The molecule has 0 amide bonds. The predicted octanol–water partition coefficient (Wildman–Crippen LogP) is 3.27. The van der Waals surface area contributed by atoms with Gasteiger partial charge in [0.1, 0.15) is 23.6 Å². The molecular weight excluding hydrogens is 423 g/mol. The number of alkyl halides is 5. The lowest BCUT2D eigenvalue weighted by atomic mass is 10.2. The van der Waals surface area contributed by atoms with Crippen LogP contribution in [0.25, 0.3) is 11.2 Å². The van der Waals surface area contributed by atoms with Gasteiger partial charge in [0.2, 0.25) is 0 Å². The summed E-state index contributed by atoms with van der Waals surface area (Å²) in [5.74, 6) is 1.00. The zero-order valence-electron chi connectivity index (χ0n) is 16.0. The molecule has 0 radical (unpaired) electrons. The third-order valence-corrected chi connectivity index (χ3v) is 5.81. The van der Waals surface area contributed by atoms with Crippen LogP contribution < -0.4 is 9.64 Å². The van der Waals surface area contributed by atoms with E-state index in [-0.39, 0.29) is 30.1 Å². The van der Waals surface area contributed by atoms with Crippen LogP contribution in [0.3, 0.4) is 0 Å². The molecule has 0 spiro atoms. The number of piperidine rings is 1. The van der Waals surface area contributed by atoms with E-state index < -0.39 is 24.8 Å². The molecule has 3 aromatic rings. The van der Waals surface area contributed by atoms with E-state index >= 15 is 0 Å². The van der Waals surface area contributed by atoms with E-state index in [1.165, 1.54) is 18.3 Å². The minimum atomic E-state index is -4.57. The van der Waals surface area contributed by atoms with Gasteiger partial charge in [-0.1, -0.05) is 0 Å². The van der Waals surface area contributed by atoms with E-state index in [1.807, 2.05) is 4.90 Å². The van der Waals surface area contributed by atoms with Crippen molar-refractivity contribution in [1.82, 2.24) is 24.7 Å². The number of anilines is 1. The molecule has 31 heavy (non-hydrogen) atoms. The van der Waals surface area contributed by atoms with Gasteiger partial charge in [-0.05, 0) is 24.0 Å². The van der Waals surface area contributed by atoms with Crippen LogP contribution in [0.5, 0.6) is 5.75 Å². The molecule has 5 rings (SSSR count). The molecular formula is C19H17F5N6O. The third kappa shape index (κ3) is 3.74. The summed E-state index contributed by atoms with van der Waals surface area (Å²) < 4.78 is 71.1. The molecule has 2 fully saturated rings. The van der Waals surface area contributed by atoms with Gasteiger partial charge in [-0.2, -0.15) is 18.3 Å². The van der Waals surface area contributed by atoms with Gasteiger partial charge in [-0.25, -0.2) is 28.4 Å². The SMILES string of the molecule is FC(F)Cn1ncc2ncc(N3CC4C(COc5cccnc5C(F)(F)F)C4C3)nc21. The van der Waals surface area contributed by atoms with Crippen molar-refractivity contribution in [3.8, 4) is 5.75 Å². The summed E-state index contributed by atoms with van der Waals surface area (Å²) in [5.41, 5.74) is -0.280. The number of halogens is 5. The van der Waals surface area contributed by atoms with Crippen molar-refractivity contribution in [2.45, 2.75) is 19.1 Å². The molecule has 1 aliphatic carbocycles. The minimum Gasteiger partial charge on any atom is -0.491 e. The Morgan fingerprint density at radius 3 is 2.61 bits per heavy atom. The minimum absolute atomic E-state index is 0.151. The Bertz CT molecular complexity index is 1090. The number of pyridine rings is 1. The zero-order chi connectivity index (χ0) is 21.8. The van der Waals surface area contributed by atoms with Gasteiger partial charge in [0, 0.05) is 25.2 Å². The Kier molecular flexibility index (Phi) is 4.67. The van der Waals surface area contributed by atoms with Gasteiger partial charge < -0.3 is 9.64 Å². The molecule has 1 saturated carbocycles. The molecule has 3 aromatic heterocycles. The van der Waals surface area contributed by atoms with Crippen molar-refractivity contribution in [3.63, 3.8) is 0 Å². The number of nitrogens with zero attached hydrogens (tertiary/aromatic N) is 6. The van der Waals surface area contributed by atoms with E-state index in [4.69, 9.17) is 4.74 Å². The van der Waals surface area contributed by atoms with Crippen molar-refractivity contribution in [2.75, 3.05) is 24.6 Å². The summed E-state index contributed by atoms with van der Waals surface area (Å²) in [4.78, 5) is 14.1. The summed E-state index contributed by atoms with van der Waals surface area (Å²) in [5, 5.41) is 3.91. The first kappa shape index (κ1) is 19.9. The van der Waals surface area contributed by atoms with Crippen molar-refractivity contribution >= 4 is 17.0 Å². The molecule has 0 aromatic carbocycles. The van der Waals surface area contributed by atoms with Crippen LogP contribution in [0.4, 0.5) is 27.8 Å². The first-order valence-corrected chi connectivity index (χ1v) is 9.68. The number of hydrogen-bond donors (Lipinski definition) is 0. The van der Waals surface area contributed by atoms with Gasteiger partial charge >= 0.3 is 6.18 Å². The lowest BCUT2D eigenvalue weighted by Crippen LogP contribution is -2.26. The lowest BCUT2D eigenvalue weighted by Gasteiger charge is -2.21. The number of rotatable bonds is 6. The average Bonchev–Trinajstić information content (AvgIpc) is 3.04. The monoisotopic (exact) mass is 440 g/mol. The Balaban J connectivity index is 1.22. The van der Waals surface area contributed by atoms with Crippen LogP contribution in [-0.4, -0.2) is 50.9 Å². The van der Waals surface area contributed by atoms with Crippen LogP contribution in [0.2, 0.25) is 0 Å². The first-order valence-electron chi connectivity index (χ1n) is 9.68. The van der Waals surface area contributed by atoms with Crippen LogP contribution in [-0.2, 0) is 12.7 Å². The van der Waals surface area contributed by atoms with Crippen LogP contribution >= 0.6 is 0 Å². The van der Waals surface area contributed by atoms with Gasteiger partial charge in [0.15, 0.2) is 11.3 Å². The second-order valence-corrected chi connectivity index (χ2v) is 7.71. The molecule has 2 atom stereocenters. The fourth-order valence-corrected chi connectivity index (χ4v) is 4.25. The quantitative estimate of drug-likeness (QED) is 0.548. The normalized spacial score (nSPS) is 22.9. The van der Waals surface area contributed by atoms with E-state index in [9.17, 15) is 22.0 Å². The van der Waals surface area contributed by atoms with Gasteiger partial charge in [0.05, 0.1) is 19.0 Å². The highest BCUT2D eigenvalue weighted by Gasteiger charge is 2.56. The highest BCUT2D eigenvalue weighted by atomic mass is 19.4.